The monoisotopic (exact) mass is 453 g/mol. The number of rotatable bonds is 8. The van der Waals surface area contributed by atoms with Crippen LogP contribution < -0.4 is 20.1 Å². The van der Waals surface area contributed by atoms with Crippen LogP contribution in [0, 0.1) is 16.0 Å². The highest BCUT2D eigenvalue weighted by Gasteiger charge is 2.24. The number of anilines is 1. The predicted octanol–water partition coefficient (Wildman–Crippen LogP) is 4.29. The Morgan fingerprint density at radius 1 is 1.06 bits per heavy atom. The molecule has 0 heterocycles. The third-order valence-corrected chi connectivity index (χ3v) is 5.53. The Balaban J connectivity index is 1.90. The molecule has 174 valence electrons. The van der Waals surface area contributed by atoms with Gasteiger partial charge >= 0.3 is 0 Å². The van der Waals surface area contributed by atoms with Crippen LogP contribution in [0.5, 0.6) is 11.5 Å². The molecule has 1 aliphatic carbocycles. The zero-order valence-electron chi connectivity index (χ0n) is 18.6. The summed E-state index contributed by atoms with van der Waals surface area (Å²) in [6.45, 7) is 0. The van der Waals surface area contributed by atoms with E-state index in [4.69, 9.17) is 9.47 Å². The summed E-state index contributed by atoms with van der Waals surface area (Å²) < 4.78 is 10.5. The van der Waals surface area contributed by atoms with Crippen LogP contribution in [0.15, 0.2) is 48.2 Å². The molecule has 33 heavy (non-hydrogen) atoms. The number of methoxy groups -OCH3 is 2. The first-order valence-electron chi connectivity index (χ1n) is 10.7. The Kier molecular flexibility index (Phi) is 8.01. The molecule has 0 atom stereocenters. The summed E-state index contributed by atoms with van der Waals surface area (Å²) in [4.78, 5) is 36.6. The second kappa shape index (κ2) is 11.1. The highest BCUT2D eigenvalue weighted by atomic mass is 16.6. The lowest BCUT2D eigenvalue weighted by atomic mass is 9.88. The molecule has 1 fully saturated rings. The lowest BCUT2D eigenvalue weighted by molar-refractivity contribution is -0.384. The normalized spacial score (nSPS) is 14.3. The van der Waals surface area contributed by atoms with E-state index in [-0.39, 0.29) is 23.2 Å². The first-order chi connectivity index (χ1) is 15.9. The number of nitro benzene ring substituents is 1. The van der Waals surface area contributed by atoms with Gasteiger partial charge in [-0.3, -0.25) is 19.7 Å². The summed E-state index contributed by atoms with van der Waals surface area (Å²) in [5.74, 6) is -0.0354. The van der Waals surface area contributed by atoms with Crippen molar-refractivity contribution in [2.24, 2.45) is 5.92 Å². The molecule has 3 rings (SSSR count). The molecular weight excluding hydrogens is 426 g/mol. The Bertz CT molecular complexity index is 1060. The van der Waals surface area contributed by atoms with Crippen molar-refractivity contribution < 1.29 is 24.0 Å². The second-order valence-corrected chi connectivity index (χ2v) is 7.75. The number of amides is 2. The summed E-state index contributed by atoms with van der Waals surface area (Å²) in [5, 5.41) is 16.6. The molecule has 9 heteroatoms. The maximum absolute atomic E-state index is 13.2. The number of nitrogens with zero attached hydrogens (tertiary/aromatic N) is 1. The highest BCUT2D eigenvalue weighted by molar-refractivity contribution is 6.09. The zero-order valence-corrected chi connectivity index (χ0v) is 18.6. The van der Waals surface area contributed by atoms with Crippen LogP contribution in [-0.4, -0.2) is 31.0 Å². The van der Waals surface area contributed by atoms with Crippen molar-refractivity contribution in [1.82, 2.24) is 5.32 Å². The Labute approximate surface area is 191 Å². The number of hydrogen-bond acceptors (Lipinski definition) is 6. The second-order valence-electron chi connectivity index (χ2n) is 7.75. The quantitative estimate of drug-likeness (QED) is 0.350. The summed E-state index contributed by atoms with van der Waals surface area (Å²) in [5.41, 5.74) is 0.683. The van der Waals surface area contributed by atoms with E-state index in [2.05, 4.69) is 10.6 Å². The van der Waals surface area contributed by atoms with Crippen molar-refractivity contribution in [3.63, 3.8) is 0 Å². The fourth-order valence-corrected chi connectivity index (χ4v) is 3.74. The zero-order chi connectivity index (χ0) is 23.8. The molecule has 0 aromatic heterocycles. The lowest BCUT2D eigenvalue weighted by Gasteiger charge is -2.21. The topological polar surface area (TPSA) is 120 Å². The summed E-state index contributed by atoms with van der Waals surface area (Å²) >= 11 is 0. The van der Waals surface area contributed by atoms with Gasteiger partial charge < -0.3 is 20.1 Å². The predicted molar refractivity (Wildman–Crippen MR) is 124 cm³/mol. The standard InChI is InChI=1S/C24H27N3O6/c1-32-19-11-12-20(22(15-19)33-2)25-24(29)21(26-23(28)17-8-4-3-5-9-17)14-16-7-6-10-18(13-16)27(30)31/h6-7,10-15,17H,3-5,8-9H2,1-2H3,(H,25,29)(H,26,28). The molecule has 2 N–H and O–H groups in total. The van der Waals surface area contributed by atoms with Crippen LogP contribution in [0.4, 0.5) is 11.4 Å². The van der Waals surface area contributed by atoms with Gasteiger partial charge in [0.2, 0.25) is 5.91 Å². The van der Waals surface area contributed by atoms with E-state index in [1.54, 1.807) is 24.3 Å². The molecule has 0 spiro atoms. The van der Waals surface area contributed by atoms with Gasteiger partial charge in [-0.2, -0.15) is 0 Å². The number of benzene rings is 2. The van der Waals surface area contributed by atoms with E-state index < -0.39 is 10.8 Å². The SMILES string of the molecule is COc1ccc(NC(=O)C(=Cc2cccc([N+](=O)[O-])c2)NC(=O)C2CCCCC2)c(OC)c1. The highest BCUT2D eigenvalue weighted by Crippen LogP contribution is 2.30. The minimum absolute atomic E-state index is 0.0102. The van der Waals surface area contributed by atoms with Crippen molar-refractivity contribution in [3.8, 4) is 11.5 Å². The van der Waals surface area contributed by atoms with Crippen LogP contribution in [0.25, 0.3) is 6.08 Å². The largest absolute Gasteiger partial charge is 0.497 e. The van der Waals surface area contributed by atoms with Gasteiger partial charge in [-0.05, 0) is 36.6 Å². The number of carbonyl (C=O) groups is 2. The van der Waals surface area contributed by atoms with Crippen LogP contribution >= 0.6 is 0 Å². The van der Waals surface area contributed by atoms with Crippen molar-refractivity contribution >= 4 is 29.3 Å². The van der Waals surface area contributed by atoms with Gasteiger partial charge in [-0.25, -0.2) is 0 Å². The van der Waals surface area contributed by atoms with Gasteiger partial charge in [0, 0.05) is 24.1 Å². The van der Waals surface area contributed by atoms with Gasteiger partial charge in [0.25, 0.3) is 11.6 Å². The van der Waals surface area contributed by atoms with E-state index in [0.717, 1.165) is 32.1 Å². The van der Waals surface area contributed by atoms with Crippen molar-refractivity contribution in [2.75, 3.05) is 19.5 Å². The minimum Gasteiger partial charge on any atom is -0.497 e. The van der Waals surface area contributed by atoms with E-state index in [9.17, 15) is 19.7 Å². The van der Waals surface area contributed by atoms with Crippen molar-refractivity contribution in [2.45, 2.75) is 32.1 Å². The average molecular weight is 453 g/mol. The van der Waals surface area contributed by atoms with E-state index in [1.807, 2.05) is 0 Å². The average Bonchev–Trinajstić information content (AvgIpc) is 2.84. The third kappa shape index (κ3) is 6.31. The number of carbonyl (C=O) groups excluding carboxylic acids is 2. The molecule has 9 nitrogen and oxygen atoms in total. The molecule has 2 amide bonds. The Morgan fingerprint density at radius 3 is 2.48 bits per heavy atom. The van der Waals surface area contributed by atoms with E-state index >= 15 is 0 Å². The first kappa shape index (κ1) is 23.8. The maximum Gasteiger partial charge on any atom is 0.272 e. The van der Waals surface area contributed by atoms with E-state index in [0.29, 0.717) is 22.7 Å². The molecule has 0 bridgehead atoms. The van der Waals surface area contributed by atoms with Crippen LogP contribution in [0.1, 0.15) is 37.7 Å². The fourth-order valence-electron chi connectivity index (χ4n) is 3.74. The molecule has 2 aromatic carbocycles. The number of nitro groups is 1. The molecular formula is C24H27N3O6. The Morgan fingerprint density at radius 2 is 1.82 bits per heavy atom. The van der Waals surface area contributed by atoms with Gasteiger partial charge in [0.05, 0.1) is 24.8 Å². The molecule has 0 radical (unpaired) electrons. The summed E-state index contributed by atoms with van der Waals surface area (Å²) in [6.07, 6.45) is 6.00. The lowest BCUT2D eigenvalue weighted by Crippen LogP contribution is -2.35. The molecule has 0 aliphatic heterocycles. The minimum atomic E-state index is -0.575. The van der Waals surface area contributed by atoms with Gasteiger partial charge in [0.1, 0.15) is 17.2 Å². The van der Waals surface area contributed by atoms with Crippen molar-refractivity contribution in [3.05, 3.63) is 63.8 Å². The third-order valence-electron chi connectivity index (χ3n) is 5.53. The number of non-ortho nitro benzene ring substituents is 1. The summed E-state index contributed by atoms with van der Waals surface area (Å²) in [7, 11) is 2.99. The number of hydrogen-bond donors (Lipinski definition) is 2. The van der Waals surface area contributed by atoms with Crippen molar-refractivity contribution in [1.29, 1.82) is 0 Å². The summed E-state index contributed by atoms with van der Waals surface area (Å²) in [6, 6.07) is 10.8. The maximum atomic E-state index is 13.2. The van der Waals surface area contributed by atoms with Crippen LogP contribution in [-0.2, 0) is 9.59 Å². The number of nitrogens with one attached hydrogen (secondary N) is 2. The van der Waals surface area contributed by atoms with Crippen LogP contribution in [0.3, 0.4) is 0 Å². The number of ether oxygens (including phenoxy) is 2. The molecule has 1 aliphatic rings. The molecule has 0 unspecified atom stereocenters. The first-order valence-corrected chi connectivity index (χ1v) is 10.7. The molecule has 2 aromatic rings. The van der Waals surface area contributed by atoms with Gasteiger partial charge in [-0.1, -0.05) is 31.4 Å². The molecule has 1 saturated carbocycles. The van der Waals surface area contributed by atoms with E-state index in [1.165, 1.54) is 38.5 Å². The van der Waals surface area contributed by atoms with Gasteiger partial charge in [-0.15, -0.1) is 0 Å². The fraction of sp³-hybridized carbons (Fsp3) is 0.333. The smallest absolute Gasteiger partial charge is 0.272 e. The van der Waals surface area contributed by atoms with Gasteiger partial charge in [0.15, 0.2) is 0 Å². The van der Waals surface area contributed by atoms with Crippen LogP contribution in [0.2, 0.25) is 0 Å². The Hall–Kier alpha value is -3.88. The molecule has 0 saturated heterocycles.